The van der Waals surface area contributed by atoms with Crippen molar-refractivity contribution < 1.29 is 13.8 Å². The van der Waals surface area contributed by atoms with Gasteiger partial charge in [0.2, 0.25) is 0 Å². The molecule has 0 N–H and O–H groups in total. The summed E-state index contributed by atoms with van der Waals surface area (Å²) in [6, 6.07) is 0. The number of methoxy groups -OCH3 is 1. The van der Waals surface area contributed by atoms with Crippen LogP contribution in [0.15, 0.2) is 0 Å². The van der Waals surface area contributed by atoms with Gasteiger partial charge in [0.25, 0.3) is 6.72 Å². The van der Waals surface area contributed by atoms with Crippen LogP contribution in [0.1, 0.15) is 26.2 Å². The minimum Gasteiger partial charge on any atom is -0.384 e. The molecule has 0 spiro atoms. The summed E-state index contributed by atoms with van der Waals surface area (Å²) in [6.45, 7) is 0.0683. The molecular formula is C8H18ClO3P. The van der Waals surface area contributed by atoms with Gasteiger partial charge in [0.05, 0.1) is 19.4 Å². The Morgan fingerprint density at radius 1 is 1.31 bits per heavy atom. The molecule has 0 fully saturated rings. The van der Waals surface area contributed by atoms with E-state index in [1.165, 1.54) is 0 Å². The van der Waals surface area contributed by atoms with Crippen LogP contribution in [0, 0.1) is 0 Å². The normalized spacial score (nSPS) is 15.6. The van der Waals surface area contributed by atoms with E-state index in [4.69, 9.17) is 20.5 Å². The maximum atomic E-state index is 11.4. The van der Waals surface area contributed by atoms with Crippen LogP contribution in [-0.4, -0.2) is 26.5 Å². The molecule has 0 aliphatic carbocycles. The Labute approximate surface area is 85.0 Å². The third kappa shape index (κ3) is 8.76. The van der Waals surface area contributed by atoms with Crippen molar-refractivity contribution >= 4 is 18.0 Å². The molecule has 0 aromatic carbocycles. The van der Waals surface area contributed by atoms with Gasteiger partial charge in [-0.1, -0.05) is 19.8 Å². The molecule has 5 heteroatoms. The SMILES string of the molecule is CCCCCOP(=O)(Cl)CCOC. The van der Waals surface area contributed by atoms with Gasteiger partial charge in [-0.25, -0.2) is 0 Å². The first-order valence-corrected chi connectivity index (χ1v) is 7.26. The van der Waals surface area contributed by atoms with Crippen molar-refractivity contribution in [3.63, 3.8) is 0 Å². The van der Waals surface area contributed by atoms with Crippen molar-refractivity contribution in [1.82, 2.24) is 0 Å². The lowest BCUT2D eigenvalue weighted by Gasteiger charge is -2.10. The van der Waals surface area contributed by atoms with Gasteiger partial charge in [-0.2, -0.15) is 0 Å². The Hall–Kier alpha value is 0.440. The van der Waals surface area contributed by atoms with Gasteiger partial charge in [0, 0.05) is 7.11 Å². The molecule has 0 aromatic heterocycles. The first-order chi connectivity index (χ1) is 6.12. The molecular weight excluding hydrogens is 211 g/mol. The second kappa shape index (κ2) is 7.81. The molecule has 0 radical (unpaired) electrons. The van der Waals surface area contributed by atoms with Crippen molar-refractivity contribution in [1.29, 1.82) is 0 Å². The lowest BCUT2D eigenvalue weighted by molar-refractivity contribution is 0.212. The third-order valence-electron chi connectivity index (χ3n) is 1.59. The predicted molar refractivity (Wildman–Crippen MR) is 55.7 cm³/mol. The summed E-state index contributed by atoms with van der Waals surface area (Å²) in [5.74, 6) is 0. The molecule has 0 aromatic rings. The van der Waals surface area contributed by atoms with Crippen molar-refractivity contribution in [3.8, 4) is 0 Å². The largest absolute Gasteiger partial charge is 0.384 e. The Morgan fingerprint density at radius 3 is 2.54 bits per heavy atom. The number of unbranched alkanes of at least 4 members (excludes halogenated alkanes) is 2. The van der Waals surface area contributed by atoms with Crippen LogP contribution in [-0.2, 0) is 13.8 Å². The number of rotatable bonds is 8. The van der Waals surface area contributed by atoms with E-state index in [2.05, 4.69) is 6.92 Å². The molecule has 13 heavy (non-hydrogen) atoms. The zero-order chi connectivity index (χ0) is 10.2. The highest BCUT2D eigenvalue weighted by atomic mass is 35.7. The van der Waals surface area contributed by atoms with Gasteiger partial charge in [0.1, 0.15) is 0 Å². The fraction of sp³-hybridized carbons (Fsp3) is 1.00. The van der Waals surface area contributed by atoms with Gasteiger partial charge in [-0.3, -0.25) is 4.57 Å². The lowest BCUT2D eigenvalue weighted by Crippen LogP contribution is -1.98. The number of hydrogen-bond donors (Lipinski definition) is 0. The minimum absolute atomic E-state index is 0.289. The Morgan fingerprint density at radius 2 is 2.00 bits per heavy atom. The van der Waals surface area contributed by atoms with E-state index in [1.54, 1.807) is 7.11 Å². The van der Waals surface area contributed by atoms with E-state index in [1.807, 2.05) is 0 Å². The molecule has 0 saturated carbocycles. The Balaban J connectivity index is 3.45. The van der Waals surface area contributed by atoms with Crippen LogP contribution < -0.4 is 0 Å². The van der Waals surface area contributed by atoms with Crippen molar-refractivity contribution in [2.75, 3.05) is 26.5 Å². The summed E-state index contributed by atoms with van der Waals surface area (Å²) in [6.07, 6.45) is 3.41. The molecule has 0 amide bonds. The molecule has 0 aliphatic rings. The smallest absolute Gasteiger partial charge is 0.292 e. The highest BCUT2D eigenvalue weighted by Gasteiger charge is 2.18. The van der Waals surface area contributed by atoms with E-state index in [-0.39, 0.29) is 6.16 Å². The average Bonchev–Trinajstić information content (AvgIpc) is 2.09. The summed E-state index contributed by atoms with van der Waals surface area (Å²) < 4.78 is 21.2. The highest BCUT2D eigenvalue weighted by molar-refractivity contribution is 7.85. The van der Waals surface area contributed by atoms with Crippen molar-refractivity contribution in [3.05, 3.63) is 0 Å². The van der Waals surface area contributed by atoms with Crippen LogP contribution in [0.4, 0.5) is 0 Å². The monoisotopic (exact) mass is 228 g/mol. The van der Waals surface area contributed by atoms with Crippen molar-refractivity contribution in [2.45, 2.75) is 26.2 Å². The van der Waals surface area contributed by atoms with Gasteiger partial charge in [-0.05, 0) is 17.7 Å². The quantitative estimate of drug-likeness (QED) is 0.473. The number of hydrogen-bond acceptors (Lipinski definition) is 3. The first kappa shape index (κ1) is 13.4. The Bertz CT molecular complexity index is 163. The number of halogens is 1. The number of ether oxygens (including phenoxy) is 1. The van der Waals surface area contributed by atoms with Crippen molar-refractivity contribution in [2.24, 2.45) is 0 Å². The maximum absolute atomic E-state index is 11.4. The molecule has 0 aliphatic heterocycles. The van der Waals surface area contributed by atoms with E-state index in [0.29, 0.717) is 13.2 Å². The summed E-state index contributed by atoms with van der Waals surface area (Å²) in [7, 11) is 1.55. The van der Waals surface area contributed by atoms with E-state index in [9.17, 15) is 4.57 Å². The fourth-order valence-corrected chi connectivity index (χ4v) is 2.16. The predicted octanol–water partition coefficient (Wildman–Crippen LogP) is 3.27. The zero-order valence-electron chi connectivity index (χ0n) is 8.29. The molecule has 0 heterocycles. The van der Waals surface area contributed by atoms with Gasteiger partial charge in [0.15, 0.2) is 0 Å². The third-order valence-corrected chi connectivity index (χ3v) is 3.68. The average molecular weight is 229 g/mol. The van der Waals surface area contributed by atoms with Gasteiger partial charge in [-0.15, -0.1) is 0 Å². The van der Waals surface area contributed by atoms with Crippen LogP contribution >= 0.6 is 18.0 Å². The molecule has 1 atom stereocenters. The van der Waals surface area contributed by atoms with Gasteiger partial charge < -0.3 is 9.26 Å². The second-order valence-corrected chi connectivity index (χ2v) is 6.28. The summed E-state index contributed by atoms with van der Waals surface area (Å²) >= 11 is 5.65. The maximum Gasteiger partial charge on any atom is 0.292 e. The van der Waals surface area contributed by atoms with E-state index in [0.717, 1.165) is 19.3 Å². The van der Waals surface area contributed by atoms with Crippen LogP contribution in [0.25, 0.3) is 0 Å². The van der Waals surface area contributed by atoms with Crippen LogP contribution in [0.2, 0.25) is 0 Å². The fourth-order valence-electron chi connectivity index (χ4n) is 0.818. The summed E-state index contributed by atoms with van der Waals surface area (Å²) in [5, 5.41) is 0. The molecule has 0 saturated heterocycles. The van der Waals surface area contributed by atoms with E-state index < -0.39 is 6.72 Å². The molecule has 0 rings (SSSR count). The summed E-state index contributed by atoms with van der Waals surface area (Å²) in [4.78, 5) is 0. The van der Waals surface area contributed by atoms with Gasteiger partial charge >= 0.3 is 0 Å². The first-order valence-electron chi connectivity index (χ1n) is 4.54. The summed E-state index contributed by atoms with van der Waals surface area (Å²) in [5.41, 5.74) is 0. The van der Waals surface area contributed by atoms with E-state index >= 15 is 0 Å². The van der Waals surface area contributed by atoms with Crippen LogP contribution in [0.5, 0.6) is 0 Å². The molecule has 0 bridgehead atoms. The zero-order valence-corrected chi connectivity index (χ0v) is 9.94. The molecule has 80 valence electrons. The lowest BCUT2D eigenvalue weighted by atomic mass is 10.3. The minimum atomic E-state index is -2.90. The topological polar surface area (TPSA) is 35.5 Å². The van der Waals surface area contributed by atoms with Crippen LogP contribution in [0.3, 0.4) is 0 Å². The molecule has 3 nitrogen and oxygen atoms in total. The molecule has 1 unspecified atom stereocenters. The Kier molecular flexibility index (Phi) is 8.07. The standard InChI is InChI=1S/C8H18ClO3P/c1-3-4-5-6-12-13(9,10)8-7-11-2/h3-8H2,1-2H3. The second-order valence-electron chi connectivity index (χ2n) is 2.85. The highest BCUT2D eigenvalue weighted by Crippen LogP contribution is 2.52.